The Morgan fingerprint density at radius 3 is 1.94 bits per heavy atom. The van der Waals surface area contributed by atoms with Crippen LogP contribution in [0.2, 0.25) is 0 Å². The van der Waals surface area contributed by atoms with Gasteiger partial charge in [-0.05, 0) is 12.8 Å². The molecule has 0 atom stereocenters. The van der Waals surface area contributed by atoms with Crippen molar-refractivity contribution in [2.24, 2.45) is 0 Å². The molecule has 1 aromatic heterocycles. The van der Waals surface area contributed by atoms with E-state index < -0.39 is 0 Å². The largest absolute Gasteiger partial charge is 1.00 e. The van der Waals surface area contributed by atoms with Gasteiger partial charge in [0.25, 0.3) is 0 Å². The fraction of sp³-hybridized carbons (Fsp3) is 0.615. The Bertz CT molecular complexity index is 241. The first kappa shape index (κ1) is 15.6. The van der Waals surface area contributed by atoms with Gasteiger partial charge in [-0.3, -0.25) is 0 Å². The molecule has 1 heterocycles. The summed E-state index contributed by atoms with van der Waals surface area (Å²) >= 11 is 0. The molecule has 0 aliphatic rings. The molecule has 16 heavy (non-hydrogen) atoms. The summed E-state index contributed by atoms with van der Waals surface area (Å²) in [6, 6.07) is 6.19. The zero-order chi connectivity index (χ0) is 10.8. The first-order valence-electron chi connectivity index (χ1n) is 5.98. The topological polar surface area (TPSA) is 24.1 Å². The lowest BCUT2D eigenvalue weighted by Gasteiger charge is -1.99. The molecule has 0 bridgehead atoms. The van der Waals surface area contributed by atoms with E-state index in [1.54, 1.807) is 0 Å². The van der Waals surface area contributed by atoms with Gasteiger partial charge in [0.1, 0.15) is 6.54 Å². The molecule has 92 valence electrons. The molecular weight excluding hydrogens is 266 g/mol. The van der Waals surface area contributed by atoms with Crippen molar-refractivity contribution in [2.75, 3.05) is 6.61 Å². The monoisotopic (exact) mass is 287 g/mol. The number of aryl methyl sites for hydroxylation is 1. The van der Waals surface area contributed by atoms with Crippen LogP contribution in [-0.4, -0.2) is 11.7 Å². The number of unbranched alkanes of at least 4 members (excludes halogenated alkanes) is 5. The van der Waals surface area contributed by atoms with E-state index in [4.69, 9.17) is 5.11 Å². The highest BCUT2D eigenvalue weighted by molar-refractivity contribution is 4.83. The van der Waals surface area contributed by atoms with Crippen LogP contribution in [0.1, 0.15) is 38.5 Å². The van der Waals surface area contributed by atoms with Crippen LogP contribution >= 0.6 is 0 Å². The molecule has 0 saturated carbocycles. The predicted octanol–water partition coefficient (Wildman–Crippen LogP) is -0.689. The third-order valence-electron chi connectivity index (χ3n) is 2.60. The number of aliphatic hydroxyl groups excluding tert-OH is 1. The van der Waals surface area contributed by atoms with Gasteiger partial charge in [0, 0.05) is 25.2 Å². The first-order valence-corrected chi connectivity index (χ1v) is 5.98. The maximum absolute atomic E-state index is 8.61. The van der Waals surface area contributed by atoms with E-state index in [9.17, 15) is 0 Å². The van der Waals surface area contributed by atoms with E-state index in [1.165, 1.54) is 32.1 Å². The molecule has 0 unspecified atom stereocenters. The molecule has 2 nitrogen and oxygen atoms in total. The van der Waals surface area contributed by atoms with Crippen molar-refractivity contribution in [3.8, 4) is 0 Å². The van der Waals surface area contributed by atoms with Crippen molar-refractivity contribution in [1.29, 1.82) is 0 Å². The third kappa shape index (κ3) is 7.83. The van der Waals surface area contributed by atoms with E-state index >= 15 is 0 Å². The number of rotatable bonds is 8. The minimum atomic E-state index is 0. The van der Waals surface area contributed by atoms with Gasteiger partial charge in [0.2, 0.25) is 0 Å². The van der Waals surface area contributed by atoms with Gasteiger partial charge >= 0.3 is 0 Å². The number of aliphatic hydroxyl groups is 1. The minimum absolute atomic E-state index is 0. The van der Waals surface area contributed by atoms with E-state index in [1.807, 2.05) is 6.07 Å². The Kier molecular flexibility index (Phi) is 10.8. The van der Waals surface area contributed by atoms with Gasteiger partial charge in [-0.15, -0.1) is 0 Å². The normalized spacial score (nSPS) is 9.81. The van der Waals surface area contributed by atoms with Crippen LogP contribution in [0.4, 0.5) is 0 Å². The minimum Gasteiger partial charge on any atom is -1.00 e. The molecule has 0 fully saturated rings. The molecule has 0 saturated heterocycles. The average molecular weight is 288 g/mol. The first-order chi connectivity index (χ1) is 7.43. The Balaban J connectivity index is 0.00000225. The van der Waals surface area contributed by atoms with Gasteiger partial charge in [-0.2, -0.15) is 0 Å². The Morgan fingerprint density at radius 1 is 0.750 bits per heavy atom. The maximum Gasteiger partial charge on any atom is 0.168 e. The van der Waals surface area contributed by atoms with Crippen molar-refractivity contribution in [2.45, 2.75) is 45.1 Å². The highest BCUT2D eigenvalue weighted by Crippen LogP contribution is 2.04. The molecule has 0 aliphatic carbocycles. The predicted molar refractivity (Wildman–Crippen MR) is 61.4 cm³/mol. The molecule has 0 aliphatic heterocycles. The standard InChI is InChI=1S/C13H22NO.BrH/c15-13-9-4-2-1-3-6-10-14-11-7-5-8-12-14;/h5,7-8,11-12,15H,1-4,6,9-10,13H2;1H/q+1;/p-1. The second-order valence-electron chi connectivity index (χ2n) is 3.96. The van der Waals surface area contributed by atoms with Crippen LogP contribution in [-0.2, 0) is 6.54 Å². The molecule has 0 spiro atoms. The van der Waals surface area contributed by atoms with E-state index in [2.05, 4.69) is 29.1 Å². The zero-order valence-corrected chi connectivity index (χ0v) is 11.4. The molecule has 1 N–H and O–H groups in total. The summed E-state index contributed by atoms with van der Waals surface area (Å²) in [6.07, 6.45) is 11.5. The fourth-order valence-electron chi connectivity index (χ4n) is 1.70. The second-order valence-corrected chi connectivity index (χ2v) is 3.96. The fourth-order valence-corrected chi connectivity index (χ4v) is 1.70. The number of pyridine rings is 1. The van der Waals surface area contributed by atoms with Crippen LogP contribution in [0.3, 0.4) is 0 Å². The van der Waals surface area contributed by atoms with Gasteiger partial charge in [-0.25, -0.2) is 4.57 Å². The van der Waals surface area contributed by atoms with Crippen molar-refractivity contribution in [1.82, 2.24) is 0 Å². The third-order valence-corrected chi connectivity index (χ3v) is 2.60. The van der Waals surface area contributed by atoms with Crippen molar-refractivity contribution in [3.05, 3.63) is 30.6 Å². The van der Waals surface area contributed by atoms with Crippen LogP contribution in [0, 0.1) is 0 Å². The highest BCUT2D eigenvalue weighted by atomic mass is 79.9. The summed E-state index contributed by atoms with van der Waals surface area (Å²) in [5.74, 6) is 0. The van der Waals surface area contributed by atoms with Gasteiger partial charge < -0.3 is 22.1 Å². The van der Waals surface area contributed by atoms with Crippen molar-refractivity contribution < 1.29 is 26.7 Å². The molecule has 0 radical (unpaired) electrons. The lowest BCUT2D eigenvalue weighted by atomic mass is 10.1. The quantitative estimate of drug-likeness (QED) is 0.497. The van der Waals surface area contributed by atoms with Crippen molar-refractivity contribution >= 4 is 0 Å². The van der Waals surface area contributed by atoms with Gasteiger partial charge in [0.15, 0.2) is 12.4 Å². The number of aromatic nitrogens is 1. The van der Waals surface area contributed by atoms with Crippen molar-refractivity contribution in [3.63, 3.8) is 0 Å². The molecule has 0 aromatic carbocycles. The Labute approximate surface area is 109 Å². The number of hydrogen-bond acceptors (Lipinski definition) is 1. The van der Waals surface area contributed by atoms with Crippen LogP contribution in [0.15, 0.2) is 30.6 Å². The molecule has 3 heteroatoms. The average Bonchev–Trinajstić information content (AvgIpc) is 2.29. The van der Waals surface area contributed by atoms with Gasteiger partial charge in [0.05, 0.1) is 0 Å². The van der Waals surface area contributed by atoms with E-state index in [-0.39, 0.29) is 17.0 Å². The summed E-state index contributed by atoms with van der Waals surface area (Å²) in [7, 11) is 0. The summed E-state index contributed by atoms with van der Waals surface area (Å²) < 4.78 is 2.23. The molecule has 1 rings (SSSR count). The summed E-state index contributed by atoms with van der Waals surface area (Å²) in [5.41, 5.74) is 0. The Morgan fingerprint density at radius 2 is 1.31 bits per heavy atom. The number of hydrogen-bond donors (Lipinski definition) is 1. The van der Waals surface area contributed by atoms with Crippen LogP contribution in [0.5, 0.6) is 0 Å². The number of halogens is 1. The summed E-state index contributed by atoms with van der Waals surface area (Å²) in [5, 5.41) is 8.61. The maximum atomic E-state index is 8.61. The molecule has 0 amide bonds. The molecular formula is C13H22BrNO. The SMILES string of the molecule is OCCCCCCCC[n+]1ccccc1.[Br-]. The Hall–Kier alpha value is -0.410. The van der Waals surface area contributed by atoms with Gasteiger partial charge in [-0.1, -0.05) is 25.3 Å². The van der Waals surface area contributed by atoms with E-state index in [0.717, 1.165) is 13.0 Å². The van der Waals surface area contributed by atoms with Crippen LogP contribution in [0.25, 0.3) is 0 Å². The smallest absolute Gasteiger partial charge is 0.168 e. The summed E-state index contributed by atoms with van der Waals surface area (Å²) in [6.45, 7) is 1.47. The van der Waals surface area contributed by atoms with E-state index in [0.29, 0.717) is 6.61 Å². The zero-order valence-electron chi connectivity index (χ0n) is 9.82. The number of nitrogens with zero attached hydrogens (tertiary/aromatic N) is 1. The highest BCUT2D eigenvalue weighted by Gasteiger charge is 1.97. The lowest BCUT2D eigenvalue weighted by Crippen LogP contribution is -3.00. The lowest BCUT2D eigenvalue weighted by molar-refractivity contribution is -0.697. The van der Waals surface area contributed by atoms with Crippen LogP contribution < -0.4 is 21.5 Å². The second kappa shape index (κ2) is 11.1. The molecule has 1 aromatic rings. The summed E-state index contributed by atoms with van der Waals surface area (Å²) in [4.78, 5) is 0.